The summed E-state index contributed by atoms with van der Waals surface area (Å²) < 4.78 is 12.5. The molecule has 5 aliphatic rings. The molecule has 4 bridgehead atoms. The number of esters is 2. The van der Waals surface area contributed by atoms with E-state index in [2.05, 4.69) is 55.4 Å². The summed E-state index contributed by atoms with van der Waals surface area (Å²) in [6.07, 6.45) is 7.15. The Morgan fingerprint density at radius 3 is 2.03 bits per heavy atom. The van der Waals surface area contributed by atoms with E-state index in [0.717, 1.165) is 31.1 Å². The molecule has 0 aromatic heterocycles. The average molecular weight is 461 g/mol. The second kappa shape index (κ2) is 7.47. The monoisotopic (exact) mass is 460 g/mol. The van der Waals surface area contributed by atoms with Crippen LogP contribution in [0.3, 0.4) is 0 Å². The molecule has 33 heavy (non-hydrogen) atoms. The third-order valence-corrected chi connectivity index (χ3v) is 11.7. The van der Waals surface area contributed by atoms with Gasteiger partial charge in [0, 0.05) is 0 Å². The summed E-state index contributed by atoms with van der Waals surface area (Å²) in [5, 5.41) is 0. The highest BCUT2D eigenvalue weighted by atomic mass is 16.6. The summed E-state index contributed by atoms with van der Waals surface area (Å²) in [7, 11) is 0. The lowest BCUT2D eigenvalue weighted by Gasteiger charge is -2.51. The second-order valence-corrected chi connectivity index (χ2v) is 14.1. The van der Waals surface area contributed by atoms with Gasteiger partial charge in [0.2, 0.25) is 5.60 Å². The molecule has 4 nitrogen and oxygen atoms in total. The summed E-state index contributed by atoms with van der Waals surface area (Å²) in [5.41, 5.74) is -2.10. The van der Waals surface area contributed by atoms with E-state index in [1.807, 2.05) is 0 Å². The molecule has 0 aliphatic heterocycles. The number of fused-ring (bicyclic) bond motifs is 1. The molecule has 0 N–H and O–H groups in total. The predicted octanol–water partition coefficient (Wildman–Crippen LogP) is 6.80. The fourth-order valence-electron chi connectivity index (χ4n) is 8.91. The van der Waals surface area contributed by atoms with Crippen LogP contribution in [0, 0.1) is 51.8 Å². The van der Waals surface area contributed by atoms with E-state index in [1.165, 1.54) is 19.3 Å². The van der Waals surface area contributed by atoms with Crippen LogP contribution in [-0.2, 0) is 19.1 Å². The van der Waals surface area contributed by atoms with Gasteiger partial charge in [-0.2, -0.15) is 0 Å². The molecule has 5 rings (SSSR count). The molecule has 188 valence electrons. The Balaban J connectivity index is 1.53. The van der Waals surface area contributed by atoms with Gasteiger partial charge in [-0.25, -0.2) is 4.79 Å². The molecule has 4 heteroatoms. The zero-order chi connectivity index (χ0) is 24.8. The summed E-state index contributed by atoms with van der Waals surface area (Å²) in [5.74, 6) is 2.05. The molecule has 0 heterocycles. The van der Waals surface area contributed by atoms with Gasteiger partial charge in [0.1, 0.15) is 5.60 Å². The van der Waals surface area contributed by atoms with Crippen molar-refractivity contribution in [2.45, 2.75) is 119 Å². The van der Waals surface area contributed by atoms with Crippen molar-refractivity contribution in [3.8, 4) is 0 Å². The van der Waals surface area contributed by atoms with Crippen LogP contribution in [0.25, 0.3) is 0 Å². The number of ether oxygens (including phenoxy) is 2. The Hall–Kier alpha value is -1.06. The molecule has 0 aromatic rings. The first-order valence-corrected chi connectivity index (χ1v) is 13.5. The van der Waals surface area contributed by atoms with Crippen molar-refractivity contribution in [2.75, 3.05) is 0 Å². The fourth-order valence-corrected chi connectivity index (χ4v) is 8.91. The summed E-state index contributed by atoms with van der Waals surface area (Å²) in [6.45, 7) is 20.9. The minimum absolute atomic E-state index is 0.131. The van der Waals surface area contributed by atoms with E-state index in [-0.39, 0.29) is 29.2 Å². The molecule has 5 fully saturated rings. The van der Waals surface area contributed by atoms with E-state index in [9.17, 15) is 9.59 Å². The van der Waals surface area contributed by atoms with Gasteiger partial charge < -0.3 is 9.47 Å². The van der Waals surface area contributed by atoms with Crippen molar-refractivity contribution in [3.63, 3.8) is 0 Å². The highest BCUT2D eigenvalue weighted by Crippen LogP contribution is 2.73. The van der Waals surface area contributed by atoms with E-state index >= 15 is 0 Å². The quantitative estimate of drug-likeness (QED) is 0.409. The molecule has 0 aromatic carbocycles. The smallest absolute Gasteiger partial charge is 0.350 e. The van der Waals surface area contributed by atoms with Gasteiger partial charge in [-0.1, -0.05) is 54.9 Å². The lowest BCUT2D eigenvalue weighted by molar-refractivity contribution is -0.208. The Bertz CT molecular complexity index is 827. The Morgan fingerprint density at radius 2 is 1.52 bits per heavy atom. The standard InChI is InChI=1S/C29H48O4/c1-11-27(9)16-22-14-19-12-20(27)15-21(13-19)28(22,10)33-23(30)26(7,8)32-24(31)29(17(2)3)18(4)25(29,5)6/h17-22H,11-16H2,1-10H3. The van der Waals surface area contributed by atoms with Gasteiger partial charge >= 0.3 is 11.9 Å². The number of rotatable bonds is 6. The average Bonchev–Trinajstić information content (AvgIpc) is 3.22. The van der Waals surface area contributed by atoms with E-state index in [1.54, 1.807) is 13.8 Å². The third-order valence-electron chi connectivity index (χ3n) is 11.7. The minimum Gasteiger partial charge on any atom is -0.456 e. The van der Waals surface area contributed by atoms with E-state index < -0.39 is 16.6 Å². The SMILES string of the molecule is CCC1(C)CC2CC3CC1CC(C3)C2(C)OC(=O)C(C)(C)OC(=O)C1(C(C)C)C(C)C1(C)C. The van der Waals surface area contributed by atoms with Crippen molar-refractivity contribution >= 4 is 11.9 Å². The zero-order valence-electron chi connectivity index (χ0n) is 22.8. The van der Waals surface area contributed by atoms with Gasteiger partial charge in [-0.15, -0.1) is 0 Å². The van der Waals surface area contributed by atoms with Crippen molar-refractivity contribution in [3.05, 3.63) is 0 Å². The minimum atomic E-state index is -1.29. The van der Waals surface area contributed by atoms with Crippen molar-refractivity contribution in [1.29, 1.82) is 0 Å². The predicted molar refractivity (Wildman–Crippen MR) is 130 cm³/mol. The summed E-state index contributed by atoms with van der Waals surface area (Å²) in [4.78, 5) is 27.1. The van der Waals surface area contributed by atoms with E-state index in [0.29, 0.717) is 17.3 Å². The largest absolute Gasteiger partial charge is 0.456 e. The second-order valence-electron chi connectivity index (χ2n) is 14.1. The van der Waals surface area contributed by atoms with Crippen molar-refractivity contribution in [1.82, 2.24) is 0 Å². The van der Waals surface area contributed by atoms with Crippen molar-refractivity contribution in [2.24, 2.45) is 51.8 Å². The molecule has 0 spiro atoms. The first-order chi connectivity index (χ1) is 15.1. The molecule has 0 amide bonds. The van der Waals surface area contributed by atoms with Crippen LogP contribution in [0.15, 0.2) is 0 Å². The maximum atomic E-state index is 13.6. The van der Waals surface area contributed by atoms with E-state index in [4.69, 9.17) is 9.47 Å². The maximum absolute atomic E-state index is 13.6. The molecular formula is C29H48O4. The summed E-state index contributed by atoms with van der Waals surface area (Å²) >= 11 is 0. The topological polar surface area (TPSA) is 52.6 Å². The molecule has 0 saturated heterocycles. The molecule has 0 radical (unpaired) electrons. The zero-order valence-corrected chi connectivity index (χ0v) is 22.8. The fraction of sp³-hybridized carbons (Fsp3) is 0.931. The highest BCUT2D eigenvalue weighted by molar-refractivity contribution is 5.88. The number of hydrogen-bond acceptors (Lipinski definition) is 4. The van der Waals surface area contributed by atoms with Gasteiger partial charge in [-0.05, 0) is 99.2 Å². The molecule has 5 aliphatic carbocycles. The highest BCUT2D eigenvalue weighted by Gasteiger charge is 2.75. The first-order valence-electron chi connectivity index (χ1n) is 13.5. The number of carbonyl (C=O) groups excluding carboxylic acids is 2. The molecular weight excluding hydrogens is 412 g/mol. The van der Waals surface area contributed by atoms with Crippen LogP contribution in [0.2, 0.25) is 0 Å². The summed E-state index contributed by atoms with van der Waals surface area (Å²) in [6, 6.07) is 0. The Labute approximate surface area is 201 Å². The van der Waals surface area contributed by atoms with Gasteiger partial charge in [-0.3, -0.25) is 4.79 Å². The number of carbonyl (C=O) groups is 2. The Kier molecular flexibility index (Phi) is 5.67. The van der Waals surface area contributed by atoms with Gasteiger partial charge in [0.05, 0.1) is 5.41 Å². The van der Waals surface area contributed by atoms with Crippen LogP contribution in [0.4, 0.5) is 0 Å². The molecule has 8 atom stereocenters. The van der Waals surface area contributed by atoms with Crippen LogP contribution in [0.5, 0.6) is 0 Å². The van der Waals surface area contributed by atoms with Gasteiger partial charge in [0.25, 0.3) is 0 Å². The van der Waals surface area contributed by atoms with Crippen LogP contribution >= 0.6 is 0 Å². The lowest BCUT2D eigenvalue weighted by atomic mass is 9.59. The molecule has 8 unspecified atom stereocenters. The first kappa shape index (κ1) is 25.0. The third kappa shape index (κ3) is 3.35. The normalized spacial score (nSPS) is 45.6. The van der Waals surface area contributed by atoms with Crippen LogP contribution in [-0.4, -0.2) is 23.1 Å². The number of hydrogen-bond donors (Lipinski definition) is 0. The lowest BCUT2D eigenvalue weighted by Crippen LogP contribution is -2.54. The van der Waals surface area contributed by atoms with Crippen LogP contribution in [0.1, 0.15) is 108 Å². The molecule has 5 saturated carbocycles. The van der Waals surface area contributed by atoms with Crippen molar-refractivity contribution < 1.29 is 19.1 Å². The Morgan fingerprint density at radius 1 is 0.970 bits per heavy atom. The van der Waals surface area contributed by atoms with Crippen LogP contribution < -0.4 is 0 Å². The van der Waals surface area contributed by atoms with Gasteiger partial charge in [0.15, 0.2) is 0 Å². The maximum Gasteiger partial charge on any atom is 0.350 e.